The summed E-state index contributed by atoms with van der Waals surface area (Å²) in [6.45, 7) is 1.30. The second-order valence-corrected chi connectivity index (χ2v) is 8.89. The molecule has 28 heavy (non-hydrogen) atoms. The standard InChI is InChI=1S/C21H22O6S/c1-15-17(11-13-28(24,25)12-10-16-6-3-2-4-7-16)18-8-5-9-19(21(18)27-15)26-14-20(22)23/h2-9H,10-14H2,1H3,(H,22,23). The number of fused-ring (bicyclic) bond motifs is 1. The fourth-order valence-electron chi connectivity index (χ4n) is 3.10. The minimum Gasteiger partial charge on any atom is -0.479 e. The summed E-state index contributed by atoms with van der Waals surface area (Å²) in [4.78, 5) is 10.7. The van der Waals surface area contributed by atoms with Gasteiger partial charge in [0.25, 0.3) is 0 Å². The Morgan fingerprint density at radius 1 is 1.04 bits per heavy atom. The lowest BCUT2D eigenvalue weighted by Gasteiger charge is -2.05. The molecule has 3 rings (SSSR count). The third kappa shape index (κ3) is 4.92. The van der Waals surface area contributed by atoms with Gasteiger partial charge in [-0.05, 0) is 31.4 Å². The zero-order chi connectivity index (χ0) is 20.1. The fraction of sp³-hybridized carbons (Fsp3) is 0.286. The van der Waals surface area contributed by atoms with Crippen LogP contribution in [0, 0.1) is 6.92 Å². The van der Waals surface area contributed by atoms with Crippen molar-refractivity contribution in [1.29, 1.82) is 0 Å². The monoisotopic (exact) mass is 402 g/mol. The predicted molar refractivity (Wildman–Crippen MR) is 107 cm³/mol. The number of ether oxygens (including phenoxy) is 1. The van der Waals surface area contributed by atoms with Gasteiger partial charge in [-0.2, -0.15) is 0 Å². The first kappa shape index (κ1) is 19.9. The molecule has 0 radical (unpaired) electrons. The largest absolute Gasteiger partial charge is 0.479 e. The van der Waals surface area contributed by atoms with Gasteiger partial charge >= 0.3 is 5.97 Å². The molecule has 0 bridgehead atoms. The first-order valence-electron chi connectivity index (χ1n) is 8.95. The zero-order valence-corrected chi connectivity index (χ0v) is 16.4. The average Bonchev–Trinajstić information content (AvgIpc) is 3.00. The molecule has 1 aromatic heterocycles. The Bertz CT molecular complexity index is 1070. The molecule has 0 atom stereocenters. The maximum absolute atomic E-state index is 12.5. The van der Waals surface area contributed by atoms with Crippen molar-refractivity contribution < 1.29 is 27.5 Å². The smallest absolute Gasteiger partial charge is 0.341 e. The van der Waals surface area contributed by atoms with Crippen molar-refractivity contribution in [2.75, 3.05) is 18.1 Å². The van der Waals surface area contributed by atoms with E-state index in [2.05, 4.69) is 0 Å². The number of sulfone groups is 1. The number of furan rings is 1. The summed E-state index contributed by atoms with van der Waals surface area (Å²) in [5, 5.41) is 9.54. The van der Waals surface area contributed by atoms with Gasteiger partial charge in [-0.3, -0.25) is 0 Å². The number of aryl methyl sites for hydroxylation is 3. The van der Waals surface area contributed by atoms with Crippen LogP contribution >= 0.6 is 0 Å². The second kappa shape index (κ2) is 8.48. The molecule has 0 aliphatic rings. The summed E-state index contributed by atoms with van der Waals surface area (Å²) in [5.41, 5.74) is 2.24. The number of carboxylic acid groups (broad SMARTS) is 1. The highest BCUT2D eigenvalue weighted by Gasteiger charge is 2.18. The van der Waals surface area contributed by atoms with E-state index in [1.807, 2.05) is 36.4 Å². The van der Waals surface area contributed by atoms with Crippen LogP contribution < -0.4 is 4.74 Å². The van der Waals surface area contributed by atoms with Crippen LogP contribution in [-0.2, 0) is 27.5 Å². The number of carbonyl (C=O) groups is 1. The molecule has 148 valence electrons. The number of aliphatic carboxylic acids is 1. The fourth-order valence-corrected chi connectivity index (χ4v) is 4.37. The molecule has 1 heterocycles. The average molecular weight is 402 g/mol. The van der Waals surface area contributed by atoms with Gasteiger partial charge in [0, 0.05) is 10.9 Å². The number of rotatable bonds is 9. The minimum atomic E-state index is -3.22. The number of hydrogen-bond acceptors (Lipinski definition) is 5. The number of benzene rings is 2. The molecule has 0 saturated heterocycles. The first-order chi connectivity index (χ1) is 13.4. The molecule has 0 amide bonds. The highest BCUT2D eigenvalue weighted by Crippen LogP contribution is 2.33. The van der Waals surface area contributed by atoms with Crippen LogP contribution in [0.2, 0.25) is 0 Å². The molecule has 0 unspecified atom stereocenters. The number of para-hydroxylation sites is 1. The predicted octanol–water partition coefficient (Wildman–Crippen LogP) is 3.40. The van der Waals surface area contributed by atoms with Gasteiger partial charge < -0.3 is 14.3 Å². The third-order valence-electron chi connectivity index (χ3n) is 4.54. The van der Waals surface area contributed by atoms with Crippen molar-refractivity contribution in [1.82, 2.24) is 0 Å². The second-order valence-electron chi connectivity index (χ2n) is 6.59. The Morgan fingerprint density at radius 2 is 1.75 bits per heavy atom. The van der Waals surface area contributed by atoms with Gasteiger partial charge in [-0.1, -0.05) is 42.5 Å². The molecular formula is C21H22O6S. The summed E-state index contributed by atoms with van der Waals surface area (Å²) >= 11 is 0. The van der Waals surface area contributed by atoms with Gasteiger partial charge in [-0.15, -0.1) is 0 Å². The topological polar surface area (TPSA) is 93.8 Å². The van der Waals surface area contributed by atoms with Gasteiger partial charge in [0.2, 0.25) is 0 Å². The summed E-state index contributed by atoms with van der Waals surface area (Å²) < 4.78 is 36.0. The van der Waals surface area contributed by atoms with E-state index in [9.17, 15) is 13.2 Å². The van der Waals surface area contributed by atoms with Crippen molar-refractivity contribution in [2.45, 2.75) is 19.8 Å². The molecular weight excluding hydrogens is 380 g/mol. The van der Waals surface area contributed by atoms with Crippen molar-refractivity contribution in [3.8, 4) is 5.75 Å². The van der Waals surface area contributed by atoms with Crippen LogP contribution in [0.4, 0.5) is 0 Å². The lowest BCUT2D eigenvalue weighted by Crippen LogP contribution is -2.15. The summed E-state index contributed by atoms with van der Waals surface area (Å²) in [6, 6.07) is 14.7. The van der Waals surface area contributed by atoms with Crippen LogP contribution in [0.3, 0.4) is 0 Å². The van der Waals surface area contributed by atoms with Gasteiger partial charge in [-0.25, -0.2) is 13.2 Å². The molecule has 1 N–H and O–H groups in total. The maximum atomic E-state index is 12.5. The van der Waals surface area contributed by atoms with Crippen LogP contribution in [0.25, 0.3) is 11.0 Å². The molecule has 0 fully saturated rings. The molecule has 3 aromatic rings. The SMILES string of the molecule is Cc1oc2c(OCC(=O)O)cccc2c1CCS(=O)(=O)CCc1ccccc1. The maximum Gasteiger partial charge on any atom is 0.341 e. The summed E-state index contributed by atoms with van der Waals surface area (Å²) in [7, 11) is -3.22. The lowest BCUT2D eigenvalue weighted by atomic mass is 10.1. The Balaban J connectivity index is 1.72. The highest BCUT2D eigenvalue weighted by molar-refractivity contribution is 7.91. The first-order valence-corrected chi connectivity index (χ1v) is 10.8. The molecule has 0 saturated carbocycles. The Morgan fingerprint density at radius 3 is 2.46 bits per heavy atom. The van der Waals surface area contributed by atoms with Crippen molar-refractivity contribution in [2.24, 2.45) is 0 Å². The van der Waals surface area contributed by atoms with E-state index in [0.717, 1.165) is 16.5 Å². The van der Waals surface area contributed by atoms with Crippen molar-refractivity contribution in [3.63, 3.8) is 0 Å². The van der Waals surface area contributed by atoms with E-state index in [-0.39, 0.29) is 11.5 Å². The zero-order valence-electron chi connectivity index (χ0n) is 15.6. The van der Waals surface area contributed by atoms with E-state index in [0.29, 0.717) is 29.9 Å². The van der Waals surface area contributed by atoms with E-state index in [1.54, 1.807) is 19.1 Å². The van der Waals surface area contributed by atoms with E-state index < -0.39 is 22.4 Å². The Kier molecular flexibility index (Phi) is 6.04. The van der Waals surface area contributed by atoms with Crippen molar-refractivity contribution >= 4 is 26.8 Å². The van der Waals surface area contributed by atoms with Gasteiger partial charge in [0.15, 0.2) is 27.8 Å². The number of carboxylic acids is 1. The molecule has 2 aromatic carbocycles. The Hall–Kier alpha value is -2.80. The van der Waals surface area contributed by atoms with Crippen LogP contribution in [0.15, 0.2) is 52.9 Å². The minimum absolute atomic E-state index is 0.0233. The van der Waals surface area contributed by atoms with Crippen LogP contribution in [0.1, 0.15) is 16.9 Å². The van der Waals surface area contributed by atoms with E-state index in [1.165, 1.54) is 0 Å². The highest BCUT2D eigenvalue weighted by atomic mass is 32.2. The van der Waals surface area contributed by atoms with E-state index in [4.69, 9.17) is 14.3 Å². The normalized spacial score (nSPS) is 11.6. The summed E-state index contributed by atoms with van der Waals surface area (Å²) in [6.07, 6.45) is 0.819. The third-order valence-corrected chi connectivity index (χ3v) is 6.20. The summed E-state index contributed by atoms with van der Waals surface area (Å²) in [5.74, 6) is -0.0141. The van der Waals surface area contributed by atoms with Crippen LogP contribution in [0.5, 0.6) is 5.75 Å². The molecule has 0 aliphatic carbocycles. The quantitative estimate of drug-likeness (QED) is 0.590. The number of hydrogen-bond donors (Lipinski definition) is 1. The molecule has 6 nitrogen and oxygen atoms in total. The lowest BCUT2D eigenvalue weighted by molar-refractivity contribution is -0.139. The molecule has 7 heteroatoms. The van der Waals surface area contributed by atoms with E-state index >= 15 is 0 Å². The van der Waals surface area contributed by atoms with Crippen molar-refractivity contribution in [3.05, 3.63) is 65.4 Å². The molecule has 0 aliphatic heterocycles. The Labute approximate surface area is 163 Å². The molecule has 0 spiro atoms. The van der Waals surface area contributed by atoms with Gasteiger partial charge in [0.05, 0.1) is 11.5 Å². The van der Waals surface area contributed by atoms with Gasteiger partial charge in [0.1, 0.15) is 5.76 Å². The van der Waals surface area contributed by atoms with Crippen LogP contribution in [-0.4, -0.2) is 37.6 Å².